The molecule has 0 fully saturated rings. The van der Waals surface area contributed by atoms with Gasteiger partial charge in [0.2, 0.25) is 0 Å². The Morgan fingerprint density at radius 3 is 1.71 bits per heavy atom. The van der Waals surface area contributed by atoms with Gasteiger partial charge in [0.15, 0.2) is 5.58 Å². The van der Waals surface area contributed by atoms with E-state index in [0.717, 1.165) is 55.1 Å². The predicted molar refractivity (Wildman–Crippen MR) is 140 cm³/mol. The summed E-state index contributed by atoms with van der Waals surface area (Å²) in [6, 6.07) is 34.1. The first kappa shape index (κ1) is 18.0. The second-order valence-corrected chi connectivity index (χ2v) is 9.02. The van der Waals surface area contributed by atoms with Crippen LogP contribution in [0, 0.1) is 6.92 Å². The van der Waals surface area contributed by atoms with Gasteiger partial charge in [0.1, 0.15) is 16.7 Å². The number of hydrogen-bond acceptors (Lipinski definition) is 2. The summed E-state index contributed by atoms with van der Waals surface area (Å²) in [7, 11) is 0. The molecule has 0 saturated heterocycles. The van der Waals surface area contributed by atoms with E-state index in [9.17, 15) is 0 Å². The van der Waals surface area contributed by atoms with Crippen molar-refractivity contribution in [2.75, 3.05) is 0 Å². The molecule has 0 aliphatic heterocycles. The highest BCUT2D eigenvalue weighted by Gasteiger charge is 2.19. The van der Waals surface area contributed by atoms with Gasteiger partial charge in [-0.15, -0.1) is 0 Å². The number of hydrogen-bond donors (Lipinski definition) is 0. The van der Waals surface area contributed by atoms with Crippen LogP contribution in [0.2, 0.25) is 0 Å². The minimum atomic E-state index is 0.875. The van der Waals surface area contributed by atoms with E-state index >= 15 is 0 Å². The Bertz CT molecular complexity index is 2030. The molecule has 160 valence electrons. The zero-order chi connectivity index (χ0) is 22.4. The van der Waals surface area contributed by atoms with Crippen LogP contribution in [-0.4, -0.2) is 4.57 Å². The fourth-order valence-corrected chi connectivity index (χ4v) is 5.57. The number of nitrogens with zero attached hydrogens (tertiary/aromatic N) is 1. The standard InChI is InChI=1S/C31H19NO2/c1-18-8-6-11-21-23-16-29-24(17-28(23)33-30(18)21)22-12-7-15-27(31(22)34-29)32-25-13-4-2-9-19(25)20-10-3-5-14-26(20)32/h2-17H,1H3. The highest BCUT2D eigenvalue weighted by molar-refractivity contribution is 6.17. The SMILES string of the molecule is Cc1cccc2c1oc1cc3c(cc12)oc1c(-n2c4ccccc4c4ccccc42)cccc13. The molecular formula is C31H19NO2. The number of aromatic nitrogens is 1. The molecule has 34 heavy (non-hydrogen) atoms. The van der Waals surface area contributed by atoms with Crippen molar-refractivity contribution >= 4 is 65.7 Å². The van der Waals surface area contributed by atoms with Crippen LogP contribution in [0.5, 0.6) is 0 Å². The van der Waals surface area contributed by atoms with E-state index in [0.29, 0.717) is 0 Å². The fraction of sp³-hybridized carbons (Fsp3) is 0.0323. The Morgan fingerprint density at radius 2 is 1.03 bits per heavy atom. The zero-order valence-corrected chi connectivity index (χ0v) is 18.5. The lowest BCUT2D eigenvalue weighted by Gasteiger charge is -2.08. The van der Waals surface area contributed by atoms with Crippen molar-refractivity contribution in [2.24, 2.45) is 0 Å². The number of rotatable bonds is 1. The Hall–Kier alpha value is -4.50. The first-order chi connectivity index (χ1) is 16.8. The largest absolute Gasteiger partial charge is 0.456 e. The van der Waals surface area contributed by atoms with Gasteiger partial charge in [-0.25, -0.2) is 0 Å². The number of furan rings is 2. The van der Waals surface area contributed by atoms with Crippen molar-refractivity contribution in [1.82, 2.24) is 4.57 Å². The molecule has 3 nitrogen and oxygen atoms in total. The first-order valence-corrected chi connectivity index (χ1v) is 11.5. The summed E-state index contributed by atoms with van der Waals surface area (Å²) in [6.45, 7) is 2.09. The Kier molecular flexibility index (Phi) is 3.33. The van der Waals surface area contributed by atoms with Gasteiger partial charge in [-0.1, -0.05) is 66.7 Å². The summed E-state index contributed by atoms with van der Waals surface area (Å²) in [5.74, 6) is 0. The van der Waals surface area contributed by atoms with Crippen molar-refractivity contribution in [3.05, 3.63) is 103 Å². The number of aryl methyl sites for hydroxylation is 1. The molecule has 0 aliphatic rings. The lowest BCUT2D eigenvalue weighted by molar-refractivity contribution is 0.661. The summed E-state index contributed by atoms with van der Waals surface area (Å²) < 4.78 is 15.2. The van der Waals surface area contributed by atoms with Gasteiger partial charge in [0.25, 0.3) is 0 Å². The molecule has 0 aliphatic carbocycles. The highest BCUT2D eigenvalue weighted by atomic mass is 16.3. The molecule has 0 atom stereocenters. The van der Waals surface area contributed by atoms with Crippen LogP contribution in [0.4, 0.5) is 0 Å². The van der Waals surface area contributed by atoms with Crippen LogP contribution in [0.15, 0.2) is 106 Å². The second-order valence-electron chi connectivity index (χ2n) is 9.02. The summed E-state index contributed by atoms with van der Waals surface area (Å²) in [5, 5.41) is 6.86. The van der Waals surface area contributed by atoms with Crippen LogP contribution in [-0.2, 0) is 0 Å². The molecule has 0 radical (unpaired) electrons. The topological polar surface area (TPSA) is 31.2 Å². The van der Waals surface area contributed by atoms with Crippen molar-refractivity contribution in [2.45, 2.75) is 6.92 Å². The summed E-state index contributed by atoms with van der Waals surface area (Å²) in [6.07, 6.45) is 0. The van der Waals surface area contributed by atoms with Crippen molar-refractivity contribution in [1.29, 1.82) is 0 Å². The first-order valence-electron chi connectivity index (χ1n) is 11.5. The minimum Gasteiger partial charge on any atom is -0.456 e. The van der Waals surface area contributed by atoms with E-state index in [-0.39, 0.29) is 0 Å². The van der Waals surface area contributed by atoms with Crippen molar-refractivity contribution in [3.8, 4) is 5.69 Å². The van der Waals surface area contributed by atoms with Crippen LogP contribution in [0.25, 0.3) is 71.4 Å². The van der Waals surface area contributed by atoms with Gasteiger partial charge in [0.05, 0.1) is 16.7 Å². The Balaban J connectivity index is 1.50. The van der Waals surface area contributed by atoms with Crippen LogP contribution < -0.4 is 0 Å². The Morgan fingerprint density at radius 1 is 0.500 bits per heavy atom. The third-order valence-corrected chi connectivity index (χ3v) is 7.11. The van der Waals surface area contributed by atoms with Gasteiger partial charge < -0.3 is 13.4 Å². The number of fused-ring (bicyclic) bond motifs is 9. The van der Waals surface area contributed by atoms with E-state index in [2.05, 4.69) is 109 Å². The average Bonchev–Trinajstić information content (AvgIpc) is 3.53. The molecule has 8 aromatic rings. The van der Waals surface area contributed by atoms with E-state index in [1.54, 1.807) is 0 Å². The molecule has 3 aromatic heterocycles. The van der Waals surface area contributed by atoms with Crippen LogP contribution >= 0.6 is 0 Å². The highest BCUT2D eigenvalue weighted by Crippen LogP contribution is 2.40. The van der Waals surface area contributed by atoms with Crippen LogP contribution in [0.3, 0.4) is 0 Å². The third kappa shape index (κ3) is 2.21. The maximum atomic E-state index is 6.60. The van der Waals surface area contributed by atoms with E-state index in [1.165, 1.54) is 21.8 Å². The second kappa shape index (κ2) is 6.30. The lowest BCUT2D eigenvalue weighted by atomic mass is 10.1. The van der Waals surface area contributed by atoms with Gasteiger partial charge in [0, 0.05) is 32.3 Å². The maximum Gasteiger partial charge on any atom is 0.159 e. The molecule has 3 heterocycles. The Labute approximate surface area is 194 Å². The van der Waals surface area contributed by atoms with Crippen LogP contribution in [0.1, 0.15) is 5.56 Å². The van der Waals surface area contributed by atoms with Crippen molar-refractivity contribution < 1.29 is 8.83 Å². The van der Waals surface area contributed by atoms with E-state index in [1.807, 2.05) is 0 Å². The van der Waals surface area contributed by atoms with Gasteiger partial charge in [-0.2, -0.15) is 0 Å². The lowest BCUT2D eigenvalue weighted by Crippen LogP contribution is -1.93. The summed E-state index contributed by atoms with van der Waals surface area (Å²) in [5.41, 5.74) is 8.13. The smallest absolute Gasteiger partial charge is 0.159 e. The zero-order valence-electron chi connectivity index (χ0n) is 18.5. The molecule has 0 N–H and O–H groups in total. The predicted octanol–water partition coefficient (Wildman–Crippen LogP) is 8.89. The van der Waals surface area contributed by atoms with Gasteiger partial charge in [-0.3, -0.25) is 0 Å². The van der Waals surface area contributed by atoms with E-state index < -0.39 is 0 Å². The molecule has 5 aromatic carbocycles. The van der Waals surface area contributed by atoms with Gasteiger partial charge in [-0.05, 0) is 42.8 Å². The molecule has 0 spiro atoms. The molecule has 0 saturated carbocycles. The molecule has 0 unspecified atom stereocenters. The quantitative estimate of drug-likeness (QED) is 0.257. The maximum absolute atomic E-state index is 6.60. The van der Waals surface area contributed by atoms with Gasteiger partial charge >= 0.3 is 0 Å². The monoisotopic (exact) mass is 437 g/mol. The third-order valence-electron chi connectivity index (χ3n) is 7.11. The van der Waals surface area contributed by atoms with E-state index in [4.69, 9.17) is 8.83 Å². The summed E-state index contributed by atoms with van der Waals surface area (Å²) >= 11 is 0. The molecule has 3 heteroatoms. The molecule has 0 amide bonds. The average molecular weight is 437 g/mol. The summed E-state index contributed by atoms with van der Waals surface area (Å²) in [4.78, 5) is 0. The number of para-hydroxylation sites is 4. The molecule has 0 bridgehead atoms. The minimum absolute atomic E-state index is 0.875. The molecule has 8 rings (SSSR count). The van der Waals surface area contributed by atoms with Crippen molar-refractivity contribution in [3.63, 3.8) is 0 Å². The normalized spacial score (nSPS) is 12.3. The number of benzene rings is 5. The molecular weight excluding hydrogens is 418 g/mol. The fourth-order valence-electron chi connectivity index (χ4n) is 5.57.